The van der Waals surface area contributed by atoms with Crippen LogP contribution in [0.3, 0.4) is 0 Å². The molecule has 7 heteroatoms. The quantitative estimate of drug-likeness (QED) is 0.382. The zero-order valence-electron chi connectivity index (χ0n) is 11.5. The molecule has 0 saturated heterocycles. The van der Waals surface area contributed by atoms with Gasteiger partial charge >= 0.3 is 0 Å². The van der Waals surface area contributed by atoms with Crippen LogP contribution in [0.25, 0.3) is 0 Å². The summed E-state index contributed by atoms with van der Waals surface area (Å²) in [6, 6.07) is 4.49. The molecule has 3 N–H and O–H groups in total. The van der Waals surface area contributed by atoms with Crippen molar-refractivity contribution < 1.29 is 4.79 Å². The number of amides is 1. The Bertz CT molecular complexity index is 432. The molecular formula is C13H21IN4OS. The predicted molar refractivity (Wildman–Crippen MR) is 93.7 cm³/mol. The van der Waals surface area contributed by atoms with Crippen LogP contribution in [-0.4, -0.2) is 31.0 Å². The molecule has 0 radical (unpaired) electrons. The lowest BCUT2D eigenvalue weighted by molar-refractivity contribution is -0.119. The largest absolute Gasteiger partial charge is 0.357 e. The predicted octanol–water partition coefficient (Wildman–Crippen LogP) is 1.70. The molecule has 1 heterocycles. The van der Waals surface area contributed by atoms with Crippen molar-refractivity contribution in [3.8, 4) is 0 Å². The van der Waals surface area contributed by atoms with E-state index in [2.05, 4.69) is 27.0 Å². The summed E-state index contributed by atoms with van der Waals surface area (Å²) in [6.07, 6.45) is 2.21. The van der Waals surface area contributed by atoms with Crippen molar-refractivity contribution in [3.05, 3.63) is 22.4 Å². The lowest BCUT2D eigenvalue weighted by Crippen LogP contribution is -2.38. The van der Waals surface area contributed by atoms with Crippen molar-refractivity contribution in [2.45, 2.75) is 32.4 Å². The van der Waals surface area contributed by atoms with Gasteiger partial charge in [-0.1, -0.05) is 6.07 Å². The number of nitrogens with one attached hydrogen (secondary N) is 3. The first-order valence-electron chi connectivity index (χ1n) is 6.62. The van der Waals surface area contributed by atoms with Crippen LogP contribution in [0.15, 0.2) is 22.5 Å². The Labute approximate surface area is 140 Å². The van der Waals surface area contributed by atoms with Crippen LogP contribution in [0.5, 0.6) is 0 Å². The number of carbonyl (C=O) groups is 1. The van der Waals surface area contributed by atoms with Gasteiger partial charge in [-0.3, -0.25) is 4.79 Å². The van der Waals surface area contributed by atoms with Gasteiger partial charge in [0.25, 0.3) is 0 Å². The maximum atomic E-state index is 11.6. The standard InChI is InChI=1S/C13H20N4OS.HI/c1-2-14-13(15-8-11-4-3-7-19-11)16-9-12(18)17-10-5-6-10;/h3-4,7,10H,2,5-6,8-9H2,1H3,(H,17,18)(H2,14,15,16);1H. The molecule has 20 heavy (non-hydrogen) atoms. The monoisotopic (exact) mass is 408 g/mol. The SMILES string of the molecule is CCNC(=NCC(=O)NC1CC1)NCc1cccs1.I. The summed E-state index contributed by atoms with van der Waals surface area (Å²) < 4.78 is 0. The van der Waals surface area contributed by atoms with E-state index in [1.54, 1.807) is 11.3 Å². The van der Waals surface area contributed by atoms with Gasteiger partial charge in [-0.25, -0.2) is 4.99 Å². The Morgan fingerprint density at radius 3 is 2.85 bits per heavy atom. The normalized spacial score (nSPS) is 14.3. The van der Waals surface area contributed by atoms with Crippen molar-refractivity contribution in [2.24, 2.45) is 4.99 Å². The van der Waals surface area contributed by atoms with Gasteiger partial charge < -0.3 is 16.0 Å². The number of carbonyl (C=O) groups excluding carboxylic acids is 1. The Morgan fingerprint density at radius 1 is 1.45 bits per heavy atom. The highest BCUT2D eigenvalue weighted by molar-refractivity contribution is 14.0. The molecule has 0 bridgehead atoms. The minimum absolute atomic E-state index is 0. The first kappa shape index (κ1) is 17.2. The molecule has 1 aliphatic rings. The highest BCUT2D eigenvalue weighted by Crippen LogP contribution is 2.18. The van der Waals surface area contributed by atoms with E-state index in [4.69, 9.17) is 0 Å². The van der Waals surface area contributed by atoms with E-state index in [1.807, 2.05) is 18.4 Å². The summed E-state index contributed by atoms with van der Waals surface area (Å²) in [4.78, 5) is 17.1. The van der Waals surface area contributed by atoms with Gasteiger partial charge in [-0.15, -0.1) is 35.3 Å². The molecule has 0 aromatic carbocycles. The van der Waals surface area contributed by atoms with E-state index in [0.717, 1.165) is 25.9 Å². The van der Waals surface area contributed by atoms with Gasteiger partial charge in [-0.2, -0.15) is 0 Å². The third kappa shape index (κ3) is 6.56. The van der Waals surface area contributed by atoms with Crippen molar-refractivity contribution in [3.63, 3.8) is 0 Å². The van der Waals surface area contributed by atoms with E-state index in [-0.39, 0.29) is 36.4 Å². The molecule has 0 unspecified atom stereocenters. The third-order valence-electron chi connectivity index (χ3n) is 2.68. The molecule has 1 fully saturated rings. The maximum absolute atomic E-state index is 11.6. The number of nitrogens with zero attached hydrogens (tertiary/aromatic N) is 1. The molecule has 0 spiro atoms. The summed E-state index contributed by atoms with van der Waals surface area (Å²) >= 11 is 1.70. The summed E-state index contributed by atoms with van der Waals surface area (Å²) in [5.41, 5.74) is 0. The van der Waals surface area contributed by atoms with E-state index in [1.165, 1.54) is 4.88 Å². The number of halogens is 1. The Hall–Kier alpha value is -0.830. The summed E-state index contributed by atoms with van der Waals surface area (Å²) in [6.45, 7) is 3.69. The van der Waals surface area contributed by atoms with Gasteiger partial charge in [0.15, 0.2) is 5.96 Å². The third-order valence-corrected chi connectivity index (χ3v) is 3.55. The summed E-state index contributed by atoms with van der Waals surface area (Å²) in [5.74, 6) is 0.678. The smallest absolute Gasteiger partial charge is 0.242 e. The number of rotatable bonds is 6. The molecule has 0 aliphatic heterocycles. The Kier molecular flexibility index (Phi) is 7.90. The van der Waals surface area contributed by atoms with Gasteiger partial charge in [-0.05, 0) is 31.2 Å². The van der Waals surface area contributed by atoms with Crippen LogP contribution in [0.4, 0.5) is 0 Å². The Morgan fingerprint density at radius 2 is 2.25 bits per heavy atom. The highest BCUT2D eigenvalue weighted by atomic mass is 127. The topological polar surface area (TPSA) is 65.5 Å². The van der Waals surface area contributed by atoms with E-state index in [0.29, 0.717) is 12.0 Å². The second-order valence-corrected chi connectivity index (χ2v) is 5.50. The minimum Gasteiger partial charge on any atom is -0.357 e. The van der Waals surface area contributed by atoms with E-state index >= 15 is 0 Å². The fourth-order valence-corrected chi connectivity index (χ4v) is 2.22. The summed E-state index contributed by atoms with van der Waals surface area (Å²) in [7, 11) is 0. The molecule has 112 valence electrons. The van der Waals surface area contributed by atoms with Crippen molar-refractivity contribution in [2.75, 3.05) is 13.1 Å². The van der Waals surface area contributed by atoms with E-state index in [9.17, 15) is 4.79 Å². The van der Waals surface area contributed by atoms with Crippen molar-refractivity contribution in [1.29, 1.82) is 0 Å². The minimum atomic E-state index is -0.00386. The van der Waals surface area contributed by atoms with Crippen LogP contribution in [0.2, 0.25) is 0 Å². The summed E-state index contributed by atoms with van der Waals surface area (Å²) in [5, 5.41) is 11.3. The van der Waals surface area contributed by atoms with Gasteiger partial charge in [0.1, 0.15) is 6.54 Å². The van der Waals surface area contributed by atoms with Crippen LogP contribution in [0, 0.1) is 0 Å². The first-order valence-corrected chi connectivity index (χ1v) is 7.50. The number of hydrogen-bond acceptors (Lipinski definition) is 3. The highest BCUT2D eigenvalue weighted by Gasteiger charge is 2.22. The fraction of sp³-hybridized carbons (Fsp3) is 0.538. The molecule has 1 amide bonds. The zero-order valence-corrected chi connectivity index (χ0v) is 14.7. The molecule has 0 atom stereocenters. The van der Waals surface area contributed by atoms with Crippen LogP contribution < -0.4 is 16.0 Å². The van der Waals surface area contributed by atoms with Gasteiger partial charge in [0, 0.05) is 17.5 Å². The van der Waals surface area contributed by atoms with Gasteiger partial charge in [0.2, 0.25) is 5.91 Å². The maximum Gasteiger partial charge on any atom is 0.242 e. The van der Waals surface area contributed by atoms with E-state index < -0.39 is 0 Å². The number of thiophene rings is 1. The van der Waals surface area contributed by atoms with Gasteiger partial charge in [0.05, 0.1) is 6.54 Å². The van der Waals surface area contributed by atoms with Crippen LogP contribution in [0.1, 0.15) is 24.6 Å². The second kappa shape index (κ2) is 9.17. The lowest BCUT2D eigenvalue weighted by Gasteiger charge is -2.10. The van der Waals surface area contributed by atoms with Crippen LogP contribution in [-0.2, 0) is 11.3 Å². The average Bonchev–Trinajstić information content (AvgIpc) is 3.05. The second-order valence-electron chi connectivity index (χ2n) is 4.47. The molecule has 2 rings (SSSR count). The van der Waals surface area contributed by atoms with Crippen LogP contribution >= 0.6 is 35.3 Å². The average molecular weight is 408 g/mol. The molecular weight excluding hydrogens is 387 g/mol. The molecule has 1 aromatic rings. The fourth-order valence-electron chi connectivity index (χ4n) is 1.58. The molecule has 1 aromatic heterocycles. The lowest BCUT2D eigenvalue weighted by atomic mass is 10.4. The molecule has 1 saturated carbocycles. The zero-order chi connectivity index (χ0) is 13.5. The molecule has 5 nitrogen and oxygen atoms in total. The number of aliphatic imine (C=N–C) groups is 1. The first-order chi connectivity index (χ1) is 9.28. The number of guanidine groups is 1. The molecule has 1 aliphatic carbocycles. The Balaban J connectivity index is 0.00000200. The van der Waals surface area contributed by atoms with Crippen molar-refractivity contribution in [1.82, 2.24) is 16.0 Å². The van der Waals surface area contributed by atoms with Crippen molar-refractivity contribution >= 4 is 47.2 Å². The number of hydrogen-bond donors (Lipinski definition) is 3.